The highest BCUT2D eigenvalue weighted by molar-refractivity contribution is 5.99. The van der Waals surface area contributed by atoms with Crippen molar-refractivity contribution in [1.29, 1.82) is 0 Å². The highest BCUT2D eigenvalue weighted by Crippen LogP contribution is 2.21. The molecule has 7 heteroatoms. The van der Waals surface area contributed by atoms with E-state index >= 15 is 0 Å². The number of likely N-dealkylation sites (N-methyl/N-ethyl adjacent to an activating group) is 1. The van der Waals surface area contributed by atoms with E-state index in [2.05, 4.69) is 15.4 Å². The number of benzene rings is 1. The summed E-state index contributed by atoms with van der Waals surface area (Å²) in [5, 5.41) is 7.09. The van der Waals surface area contributed by atoms with E-state index in [1.165, 1.54) is 18.3 Å². The molecule has 0 aliphatic carbocycles. The van der Waals surface area contributed by atoms with Gasteiger partial charge >= 0.3 is 0 Å². The third-order valence-corrected chi connectivity index (χ3v) is 3.61. The Labute approximate surface area is 138 Å². The van der Waals surface area contributed by atoms with Crippen LogP contribution in [-0.2, 0) is 0 Å². The molecule has 1 aromatic carbocycles. The van der Waals surface area contributed by atoms with Crippen molar-refractivity contribution in [2.75, 3.05) is 27.2 Å². The first-order chi connectivity index (χ1) is 11.6. The number of rotatable bonds is 5. The Hall–Kier alpha value is -2.80. The summed E-state index contributed by atoms with van der Waals surface area (Å²) in [6.45, 7) is 1.28. The van der Waals surface area contributed by atoms with E-state index in [9.17, 15) is 9.18 Å². The van der Waals surface area contributed by atoms with Crippen LogP contribution >= 0.6 is 0 Å². The molecule has 0 bridgehead atoms. The highest BCUT2D eigenvalue weighted by atomic mass is 19.1. The number of nitrogens with zero attached hydrogens (tertiary/aromatic N) is 4. The molecule has 0 atom stereocenters. The van der Waals surface area contributed by atoms with Crippen LogP contribution in [0.5, 0.6) is 0 Å². The molecule has 0 saturated carbocycles. The maximum atomic E-state index is 13.5. The van der Waals surface area contributed by atoms with E-state index in [1.807, 2.05) is 19.0 Å². The van der Waals surface area contributed by atoms with Crippen molar-refractivity contribution in [2.24, 2.45) is 0 Å². The zero-order valence-electron chi connectivity index (χ0n) is 13.5. The van der Waals surface area contributed by atoms with Gasteiger partial charge in [-0.2, -0.15) is 5.10 Å². The van der Waals surface area contributed by atoms with Crippen LogP contribution in [-0.4, -0.2) is 52.6 Å². The van der Waals surface area contributed by atoms with Gasteiger partial charge in [-0.1, -0.05) is 12.1 Å². The molecule has 6 nitrogen and oxygen atoms in total. The smallest absolute Gasteiger partial charge is 0.256 e. The van der Waals surface area contributed by atoms with Gasteiger partial charge in [0.1, 0.15) is 11.4 Å². The minimum atomic E-state index is -0.328. The van der Waals surface area contributed by atoms with E-state index < -0.39 is 0 Å². The molecular weight excluding hydrogens is 309 g/mol. The van der Waals surface area contributed by atoms with Crippen molar-refractivity contribution in [3.63, 3.8) is 0 Å². The number of aromatic nitrogens is 3. The minimum absolute atomic E-state index is 0.226. The van der Waals surface area contributed by atoms with Gasteiger partial charge in [0.2, 0.25) is 0 Å². The van der Waals surface area contributed by atoms with Crippen LogP contribution in [0.2, 0.25) is 0 Å². The number of carbonyl (C=O) groups excluding carboxylic acids is 1. The van der Waals surface area contributed by atoms with E-state index in [0.29, 0.717) is 29.0 Å². The second-order valence-corrected chi connectivity index (χ2v) is 5.69. The number of fused-ring (bicyclic) bond motifs is 1. The predicted molar refractivity (Wildman–Crippen MR) is 89.3 cm³/mol. The van der Waals surface area contributed by atoms with Crippen molar-refractivity contribution in [3.8, 4) is 11.3 Å². The second kappa shape index (κ2) is 6.76. The Morgan fingerprint density at radius 3 is 2.92 bits per heavy atom. The quantitative estimate of drug-likeness (QED) is 0.776. The number of carbonyl (C=O) groups is 1. The number of hydrogen-bond acceptors (Lipinski definition) is 4. The molecule has 1 N–H and O–H groups in total. The molecule has 0 unspecified atom stereocenters. The molecule has 1 amide bonds. The summed E-state index contributed by atoms with van der Waals surface area (Å²) in [5.41, 5.74) is 2.18. The average molecular weight is 327 g/mol. The van der Waals surface area contributed by atoms with Crippen molar-refractivity contribution in [2.45, 2.75) is 0 Å². The van der Waals surface area contributed by atoms with Crippen LogP contribution in [0.4, 0.5) is 4.39 Å². The lowest BCUT2D eigenvalue weighted by Crippen LogP contribution is -2.31. The summed E-state index contributed by atoms with van der Waals surface area (Å²) in [6.07, 6.45) is 3.07. The van der Waals surface area contributed by atoms with Crippen molar-refractivity contribution < 1.29 is 9.18 Å². The van der Waals surface area contributed by atoms with Crippen molar-refractivity contribution in [1.82, 2.24) is 24.8 Å². The monoisotopic (exact) mass is 327 g/mol. The van der Waals surface area contributed by atoms with Crippen LogP contribution in [0, 0.1) is 5.82 Å². The van der Waals surface area contributed by atoms with Gasteiger partial charge in [0.15, 0.2) is 5.65 Å². The zero-order valence-corrected chi connectivity index (χ0v) is 13.5. The summed E-state index contributed by atoms with van der Waals surface area (Å²) in [4.78, 5) is 18.6. The Kier molecular flexibility index (Phi) is 4.52. The lowest BCUT2D eigenvalue weighted by atomic mass is 10.1. The van der Waals surface area contributed by atoms with E-state index in [0.717, 1.165) is 6.54 Å². The molecule has 124 valence electrons. The first-order valence-corrected chi connectivity index (χ1v) is 7.58. The second-order valence-electron chi connectivity index (χ2n) is 5.69. The Morgan fingerprint density at radius 2 is 2.17 bits per heavy atom. The molecule has 2 aromatic heterocycles. The zero-order chi connectivity index (χ0) is 17.1. The van der Waals surface area contributed by atoms with Crippen LogP contribution in [0.3, 0.4) is 0 Å². The number of hydrogen-bond donors (Lipinski definition) is 1. The average Bonchev–Trinajstić information content (AvgIpc) is 2.98. The lowest BCUT2D eigenvalue weighted by molar-refractivity contribution is 0.0952. The number of halogens is 1. The molecule has 0 aliphatic rings. The third kappa shape index (κ3) is 3.26. The van der Waals surface area contributed by atoms with Gasteiger partial charge in [-0.05, 0) is 32.3 Å². The fourth-order valence-electron chi connectivity index (χ4n) is 2.41. The molecular formula is C17H18FN5O. The first-order valence-electron chi connectivity index (χ1n) is 7.58. The van der Waals surface area contributed by atoms with Crippen LogP contribution in [0.1, 0.15) is 10.4 Å². The van der Waals surface area contributed by atoms with Crippen molar-refractivity contribution in [3.05, 3.63) is 54.1 Å². The van der Waals surface area contributed by atoms with E-state index in [-0.39, 0.29) is 11.7 Å². The summed E-state index contributed by atoms with van der Waals surface area (Å²) in [5.74, 6) is -0.554. The molecule has 3 aromatic rings. The largest absolute Gasteiger partial charge is 0.351 e. The van der Waals surface area contributed by atoms with Gasteiger partial charge in [0.05, 0.1) is 11.9 Å². The van der Waals surface area contributed by atoms with Gasteiger partial charge in [-0.25, -0.2) is 13.9 Å². The standard InChI is InChI=1S/C17H18FN5O/c1-22(2)9-8-20-17(24)14-11-21-23-15(6-7-19-16(14)23)12-4-3-5-13(18)10-12/h3-7,10-11H,8-9H2,1-2H3,(H,20,24). The van der Waals surface area contributed by atoms with Gasteiger partial charge in [0, 0.05) is 24.8 Å². The predicted octanol–water partition coefficient (Wildman–Crippen LogP) is 1.83. The maximum absolute atomic E-state index is 13.5. The summed E-state index contributed by atoms with van der Waals surface area (Å²) >= 11 is 0. The summed E-state index contributed by atoms with van der Waals surface area (Å²) in [6, 6.07) is 7.97. The third-order valence-electron chi connectivity index (χ3n) is 3.61. The molecule has 0 spiro atoms. The normalized spacial score (nSPS) is 11.2. The minimum Gasteiger partial charge on any atom is -0.351 e. The SMILES string of the molecule is CN(C)CCNC(=O)c1cnn2c(-c3cccc(F)c3)ccnc12. The Balaban J connectivity index is 1.93. The molecule has 0 fully saturated rings. The molecule has 3 rings (SSSR count). The molecule has 2 heterocycles. The van der Waals surface area contributed by atoms with Gasteiger partial charge < -0.3 is 10.2 Å². The van der Waals surface area contributed by atoms with E-state index in [4.69, 9.17) is 0 Å². The van der Waals surface area contributed by atoms with Gasteiger partial charge in [-0.3, -0.25) is 4.79 Å². The highest BCUT2D eigenvalue weighted by Gasteiger charge is 2.16. The lowest BCUT2D eigenvalue weighted by Gasteiger charge is -2.10. The van der Waals surface area contributed by atoms with Crippen molar-refractivity contribution >= 4 is 11.6 Å². The van der Waals surface area contributed by atoms with E-state index in [1.54, 1.807) is 28.9 Å². The van der Waals surface area contributed by atoms with Crippen LogP contribution in [0.25, 0.3) is 16.9 Å². The van der Waals surface area contributed by atoms with Gasteiger partial charge in [-0.15, -0.1) is 0 Å². The molecule has 24 heavy (non-hydrogen) atoms. The topological polar surface area (TPSA) is 62.5 Å². The van der Waals surface area contributed by atoms with Crippen LogP contribution in [0.15, 0.2) is 42.7 Å². The van der Waals surface area contributed by atoms with Gasteiger partial charge in [0.25, 0.3) is 5.91 Å². The summed E-state index contributed by atoms with van der Waals surface area (Å²) in [7, 11) is 3.88. The first kappa shape index (κ1) is 16.1. The van der Waals surface area contributed by atoms with Crippen LogP contribution < -0.4 is 5.32 Å². The molecule has 0 aliphatic heterocycles. The fraction of sp³-hybridized carbons (Fsp3) is 0.235. The molecule has 0 saturated heterocycles. The number of nitrogens with one attached hydrogen (secondary N) is 1. The Morgan fingerprint density at radius 1 is 1.33 bits per heavy atom. The Bertz CT molecular complexity index is 874. The maximum Gasteiger partial charge on any atom is 0.256 e. The number of amides is 1. The fourth-order valence-corrected chi connectivity index (χ4v) is 2.41. The molecule has 0 radical (unpaired) electrons. The summed E-state index contributed by atoms with van der Waals surface area (Å²) < 4.78 is 15.0.